The largest absolute Gasteiger partial charge is 0.315 e. The fourth-order valence-corrected chi connectivity index (χ4v) is 8.63. The number of unbranched alkanes of at least 4 members (excludes halogenated alkanes) is 2. The molecule has 2 aromatic rings. The average molecular weight is 683 g/mol. The molecule has 266 valence electrons. The van der Waals surface area contributed by atoms with Crippen LogP contribution in [-0.2, 0) is 11.5 Å². The molecule has 47 heavy (non-hydrogen) atoms. The number of thioether (sulfide) groups is 2. The van der Waals surface area contributed by atoms with Gasteiger partial charge in [0.15, 0.2) is 0 Å². The van der Waals surface area contributed by atoms with Crippen LogP contribution in [0, 0.1) is 0 Å². The van der Waals surface area contributed by atoms with Crippen molar-refractivity contribution in [2.45, 2.75) is 121 Å². The lowest BCUT2D eigenvalue weighted by atomic mass is 9.94. The zero-order valence-corrected chi connectivity index (χ0v) is 31.9. The van der Waals surface area contributed by atoms with Gasteiger partial charge in [-0.15, -0.1) is 0 Å². The van der Waals surface area contributed by atoms with Gasteiger partial charge in [-0.25, -0.2) is 0 Å². The Morgan fingerprint density at radius 1 is 0.532 bits per heavy atom. The van der Waals surface area contributed by atoms with Gasteiger partial charge >= 0.3 is 0 Å². The molecular weight excluding hydrogens is 613 g/mol. The van der Waals surface area contributed by atoms with Crippen molar-refractivity contribution in [3.05, 3.63) is 71.8 Å². The van der Waals surface area contributed by atoms with E-state index in [-0.39, 0.29) is 0 Å². The summed E-state index contributed by atoms with van der Waals surface area (Å²) in [6, 6.07) is 23.3. The molecule has 0 radical (unpaired) electrons. The molecule has 2 aliphatic rings. The van der Waals surface area contributed by atoms with Crippen LogP contribution in [0.3, 0.4) is 0 Å². The van der Waals surface area contributed by atoms with Gasteiger partial charge in [0, 0.05) is 74.4 Å². The first-order valence-corrected chi connectivity index (χ1v) is 21.7. The Labute approximate surface area is 299 Å². The standard InChI is InChI=1S/C21H36N2S.C20H34N2S/c1-2-3-16-23(21-12-8-5-9-13-21)17-14-22-15-18-24-19-20-10-6-4-7-11-20;1-2-3-15-22(20-11-7-8-12-20)16-13-21-14-17-23-18-19-9-5-4-6-10-19/h4,6-7,10-11,21-22H,2-3,5,8-9,12-19H2,1H3;4-6,9-10,20-21H,2-3,7-8,11-18H2,1H3. The lowest BCUT2D eigenvalue weighted by Crippen LogP contribution is -2.41. The number of nitrogens with zero attached hydrogens (tertiary/aromatic N) is 2. The minimum atomic E-state index is 0.861. The zero-order valence-electron chi connectivity index (χ0n) is 30.3. The third kappa shape index (κ3) is 19.1. The molecule has 2 aromatic carbocycles. The summed E-state index contributed by atoms with van der Waals surface area (Å²) < 4.78 is 0. The summed E-state index contributed by atoms with van der Waals surface area (Å²) in [5.74, 6) is 4.67. The van der Waals surface area contributed by atoms with Crippen molar-refractivity contribution in [1.29, 1.82) is 0 Å². The molecule has 0 atom stereocenters. The first kappa shape index (κ1) is 40.4. The second-order valence-corrected chi connectivity index (χ2v) is 15.8. The SMILES string of the molecule is CCCCN(CCNCCSCc1ccccc1)C1CCCC1.CCCCN(CCNCCSCc1ccccc1)C1CCCCC1. The van der Waals surface area contributed by atoms with Crippen LogP contribution < -0.4 is 10.6 Å². The maximum absolute atomic E-state index is 3.66. The van der Waals surface area contributed by atoms with Gasteiger partial charge in [0.25, 0.3) is 0 Å². The fourth-order valence-electron chi connectivity index (χ4n) is 6.90. The molecule has 0 unspecified atom stereocenters. The van der Waals surface area contributed by atoms with Crippen LogP contribution in [0.5, 0.6) is 0 Å². The Balaban J connectivity index is 0.000000256. The summed E-state index contributed by atoms with van der Waals surface area (Å²) in [5, 5.41) is 7.29. The molecule has 2 saturated carbocycles. The monoisotopic (exact) mass is 683 g/mol. The third-order valence-corrected chi connectivity index (χ3v) is 11.8. The maximum Gasteiger partial charge on any atom is 0.0185 e. The van der Waals surface area contributed by atoms with Gasteiger partial charge in [-0.05, 0) is 62.7 Å². The van der Waals surface area contributed by atoms with Crippen LogP contribution in [0.15, 0.2) is 60.7 Å². The van der Waals surface area contributed by atoms with E-state index in [2.05, 4.69) is 94.9 Å². The van der Waals surface area contributed by atoms with Crippen LogP contribution in [0.1, 0.15) is 108 Å². The first-order chi connectivity index (χ1) is 23.3. The van der Waals surface area contributed by atoms with Gasteiger partial charge in [-0.1, -0.05) is 119 Å². The minimum Gasteiger partial charge on any atom is -0.315 e. The summed E-state index contributed by atoms with van der Waals surface area (Å²) in [6.45, 7) is 14.2. The van der Waals surface area contributed by atoms with E-state index in [1.165, 1.54) is 132 Å². The van der Waals surface area contributed by atoms with E-state index in [0.717, 1.165) is 49.8 Å². The van der Waals surface area contributed by atoms with Crippen LogP contribution >= 0.6 is 23.5 Å². The Bertz CT molecular complexity index is 950. The second-order valence-electron chi connectivity index (χ2n) is 13.6. The van der Waals surface area contributed by atoms with Crippen LogP contribution in [0.2, 0.25) is 0 Å². The molecule has 2 fully saturated rings. The second kappa shape index (κ2) is 27.8. The maximum atomic E-state index is 3.66. The average Bonchev–Trinajstić information content (AvgIpc) is 3.67. The van der Waals surface area contributed by atoms with Crippen molar-refractivity contribution < 1.29 is 0 Å². The van der Waals surface area contributed by atoms with Gasteiger partial charge in [0.2, 0.25) is 0 Å². The van der Waals surface area contributed by atoms with Crippen molar-refractivity contribution in [3.63, 3.8) is 0 Å². The molecule has 0 spiro atoms. The number of hydrogen-bond donors (Lipinski definition) is 2. The van der Waals surface area contributed by atoms with Crippen molar-refractivity contribution in [3.8, 4) is 0 Å². The normalized spacial score (nSPS) is 15.7. The van der Waals surface area contributed by atoms with Crippen LogP contribution in [-0.4, -0.2) is 85.7 Å². The van der Waals surface area contributed by atoms with Crippen molar-refractivity contribution in [2.24, 2.45) is 0 Å². The fraction of sp³-hybridized carbons (Fsp3) is 0.707. The molecule has 0 amide bonds. The molecule has 2 N–H and O–H groups in total. The van der Waals surface area contributed by atoms with E-state index < -0.39 is 0 Å². The summed E-state index contributed by atoms with van der Waals surface area (Å²) >= 11 is 4.06. The highest BCUT2D eigenvalue weighted by atomic mass is 32.2. The summed E-state index contributed by atoms with van der Waals surface area (Å²) in [6.07, 6.45) is 18.3. The van der Waals surface area contributed by atoms with Crippen molar-refractivity contribution >= 4 is 23.5 Å². The van der Waals surface area contributed by atoms with E-state index in [0.29, 0.717) is 0 Å². The topological polar surface area (TPSA) is 30.5 Å². The lowest BCUT2D eigenvalue weighted by molar-refractivity contribution is 0.155. The Morgan fingerprint density at radius 3 is 1.34 bits per heavy atom. The molecule has 0 aliphatic heterocycles. The Morgan fingerprint density at radius 2 is 0.936 bits per heavy atom. The van der Waals surface area contributed by atoms with E-state index >= 15 is 0 Å². The summed E-state index contributed by atoms with van der Waals surface area (Å²) in [7, 11) is 0. The zero-order chi connectivity index (χ0) is 33.0. The molecule has 4 nitrogen and oxygen atoms in total. The van der Waals surface area contributed by atoms with Gasteiger partial charge in [0.05, 0.1) is 0 Å². The smallest absolute Gasteiger partial charge is 0.0185 e. The quantitative estimate of drug-likeness (QED) is 0.107. The van der Waals surface area contributed by atoms with Crippen molar-refractivity contribution in [2.75, 3.05) is 63.9 Å². The number of benzene rings is 2. The predicted molar refractivity (Wildman–Crippen MR) is 213 cm³/mol. The number of hydrogen-bond acceptors (Lipinski definition) is 6. The minimum absolute atomic E-state index is 0.861. The third-order valence-electron chi connectivity index (χ3n) is 9.75. The molecule has 0 heterocycles. The summed E-state index contributed by atoms with van der Waals surface area (Å²) in [5.41, 5.74) is 2.87. The molecule has 6 heteroatoms. The first-order valence-electron chi connectivity index (χ1n) is 19.4. The Hall–Kier alpha value is -1.02. The molecule has 0 saturated heterocycles. The molecular formula is C41H70N4S2. The number of rotatable bonds is 24. The van der Waals surface area contributed by atoms with E-state index in [1.54, 1.807) is 0 Å². The Kier molecular flexibility index (Phi) is 23.9. The molecule has 2 aliphatic carbocycles. The molecule has 0 aromatic heterocycles. The van der Waals surface area contributed by atoms with Crippen LogP contribution in [0.4, 0.5) is 0 Å². The van der Waals surface area contributed by atoms with Crippen molar-refractivity contribution in [1.82, 2.24) is 20.4 Å². The van der Waals surface area contributed by atoms with E-state index in [1.807, 2.05) is 23.5 Å². The van der Waals surface area contributed by atoms with E-state index in [4.69, 9.17) is 0 Å². The highest BCUT2D eigenvalue weighted by Gasteiger charge is 2.22. The molecule has 0 bridgehead atoms. The summed E-state index contributed by atoms with van der Waals surface area (Å²) in [4.78, 5) is 5.52. The van der Waals surface area contributed by atoms with E-state index in [9.17, 15) is 0 Å². The van der Waals surface area contributed by atoms with Gasteiger partial charge in [0.1, 0.15) is 0 Å². The number of nitrogens with one attached hydrogen (secondary N) is 2. The van der Waals surface area contributed by atoms with Crippen LogP contribution in [0.25, 0.3) is 0 Å². The predicted octanol–water partition coefficient (Wildman–Crippen LogP) is 9.50. The van der Waals surface area contributed by atoms with Gasteiger partial charge in [-0.2, -0.15) is 23.5 Å². The molecule has 4 rings (SSSR count). The lowest BCUT2D eigenvalue weighted by Gasteiger charge is -2.34. The van der Waals surface area contributed by atoms with Gasteiger partial charge in [-0.3, -0.25) is 9.80 Å². The highest BCUT2D eigenvalue weighted by Crippen LogP contribution is 2.24. The van der Waals surface area contributed by atoms with Gasteiger partial charge < -0.3 is 10.6 Å². The highest BCUT2D eigenvalue weighted by molar-refractivity contribution is 7.98.